The van der Waals surface area contributed by atoms with E-state index in [0.29, 0.717) is 10.9 Å². The molecule has 0 aliphatic carbocycles. The number of hydrogen-bond acceptors (Lipinski definition) is 2. The summed E-state index contributed by atoms with van der Waals surface area (Å²) in [5, 5.41) is 0.710. The Kier molecular flexibility index (Phi) is 3.03. The van der Waals surface area contributed by atoms with Gasteiger partial charge in [0.2, 0.25) is 0 Å². The molecule has 0 unspecified atom stereocenters. The number of imidazole rings is 2. The van der Waals surface area contributed by atoms with E-state index in [1.54, 1.807) is 0 Å². The molecule has 3 rings (SSSR count). The Balaban J connectivity index is 1.94. The maximum Gasteiger partial charge on any atom is 0.137 e. The number of pyridine rings is 1. The van der Waals surface area contributed by atoms with Gasteiger partial charge in [0.1, 0.15) is 11.5 Å². The molecule has 3 aromatic rings. The first kappa shape index (κ1) is 12.2. The average Bonchev–Trinajstić information content (AvgIpc) is 2.95. The van der Waals surface area contributed by atoms with Crippen molar-refractivity contribution < 1.29 is 0 Å². The molecule has 0 spiro atoms. The first-order valence-electron chi connectivity index (χ1n) is 6.27. The van der Waals surface area contributed by atoms with Crippen LogP contribution in [0, 0.1) is 0 Å². The number of halogens is 1. The van der Waals surface area contributed by atoms with Crippen LogP contribution in [0.2, 0.25) is 5.02 Å². The molecular weight excluding hydrogens is 260 g/mol. The largest absolute Gasteiger partial charge is 0.329 e. The maximum atomic E-state index is 5.97. The Hall–Kier alpha value is -1.81. The lowest BCUT2D eigenvalue weighted by Crippen LogP contribution is -2.05. The van der Waals surface area contributed by atoms with Crippen LogP contribution in [-0.2, 0) is 6.54 Å². The predicted molar refractivity (Wildman–Crippen MR) is 75.6 cm³/mol. The van der Waals surface area contributed by atoms with Crippen LogP contribution in [0.3, 0.4) is 0 Å². The summed E-state index contributed by atoms with van der Waals surface area (Å²) in [4.78, 5) is 8.97. The smallest absolute Gasteiger partial charge is 0.137 e. The van der Waals surface area contributed by atoms with Gasteiger partial charge in [-0.1, -0.05) is 25.4 Å². The van der Waals surface area contributed by atoms with Crippen LogP contribution in [0.25, 0.3) is 5.65 Å². The molecular formula is C14H15ClN4. The molecule has 0 atom stereocenters. The zero-order valence-electron chi connectivity index (χ0n) is 10.9. The molecule has 0 aliphatic heterocycles. The third-order valence-corrected chi connectivity index (χ3v) is 3.28. The van der Waals surface area contributed by atoms with Crippen LogP contribution < -0.4 is 0 Å². The quantitative estimate of drug-likeness (QED) is 0.734. The van der Waals surface area contributed by atoms with Gasteiger partial charge in [-0.3, -0.25) is 0 Å². The van der Waals surface area contributed by atoms with Crippen molar-refractivity contribution in [2.24, 2.45) is 0 Å². The van der Waals surface area contributed by atoms with E-state index >= 15 is 0 Å². The summed E-state index contributed by atoms with van der Waals surface area (Å²) >= 11 is 5.97. The molecule has 4 nitrogen and oxygen atoms in total. The maximum absolute atomic E-state index is 5.97. The minimum atomic E-state index is 0.404. The summed E-state index contributed by atoms with van der Waals surface area (Å²) in [7, 11) is 0. The molecule has 3 aromatic heterocycles. The second-order valence-electron chi connectivity index (χ2n) is 4.91. The van der Waals surface area contributed by atoms with Crippen molar-refractivity contribution in [3.8, 4) is 0 Å². The van der Waals surface area contributed by atoms with Gasteiger partial charge in [0.25, 0.3) is 0 Å². The fourth-order valence-electron chi connectivity index (χ4n) is 2.22. The normalized spacial score (nSPS) is 11.6. The Bertz CT molecular complexity index is 711. The molecule has 98 valence electrons. The van der Waals surface area contributed by atoms with E-state index in [1.165, 1.54) is 0 Å². The second kappa shape index (κ2) is 4.70. The van der Waals surface area contributed by atoms with Crippen molar-refractivity contribution in [2.75, 3.05) is 0 Å². The van der Waals surface area contributed by atoms with E-state index in [2.05, 4.69) is 28.4 Å². The fraction of sp³-hybridized carbons (Fsp3) is 0.286. The van der Waals surface area contributed by atoms with Crippen LogP contribution in [0.5, 0.6) is 0 Å². The molecule has 0 N–H and O–H groups in total. The molecule has 0 aliphatic rings. The van der Waals surface area contributed by atoms with Gasteiger partial charge < -0.3 is 8.97 Å². The SMILES string of the molecule is CC(C)c1nccn1Cc1cn2cc(Cl)ccc2n1. The van der Waals surface area contributed by atoms with Gasteiger partial charge in [-0.05, 0) is 12.1 Å². The van der Waals surface area contributed by atoms with Crippen molar-refractivity contribution in [3.63, 3.8) is 0 Å². The van der Waals surface area contributed by atoms with Gasteiger partial charge in [0, 0.05) is 30.7 Å². The van der Waals surface area contributed by atoms with Gasteiger partial charge in [-0.15, -0.1) is 0 Å². The van der Waals surface area contributed by atoms with Gasteiger partial charge in [0.15, 0.2) is 0 Å². The van der Waals surface area contributed by atoms with Crippen molar-refractivity contribution in [1.82, 2.24) is 18.9 Å². The summed E-state index contributed by atoms with van der Waals surface area (Å²) in [5.74, 6) is 1.48. The highest BCUT2D eigenvalue weighted by atomic mass is 35.5. The zero-order valence-corrected chi connectivity index (χ0v) is 11.7. The number of aromatic nitrogens is 4. The second-order valence-corrected chi connectivity index (χ2v) is 5.35. The Morgan fingerprint density at radius 1 is 1.26 bits per heavy atom. The highest BCUT2D eigenvalue weighted by molar-refractivity contribution is 6.30. The number of nitrogens with zero attached hydrogens (tertiary/aromatic N) is 4. The molecule has 0 radical (unpaired) electrons. The first-order chi connectivity index (χ1) is 9.13. The van der Waals surface area contributed by atoms with E-state index in [9.17, 15) is 0 Å². The number of hydrogen-bond donors (Lipinski definition) is 0. The zero-order chi connectivity index (χ0) is 13.4. The Morgan fingerprint density at radius 3 is 2.89 bits per heavy atom. The summed E-state index contributed by atoms with van der Waals surface area (Å²) in [6.45, 7) is 5.01. The lowest BCUT2D eigenvalue weighted by Gasteiger charge is -2.08. The van der Waals surface area contributed by atoms with E-state index < -0.39 is 0 Å². The molecule has 0 fully saturated rings. The van der Waals surface area contributed by atoms with Gasteiger partial charge >= 0.3 is 0 Å². The Morgan fingerprint density at radius 2 is 2.11 bits per heavy atom. The third-order valence-electron chi connectivity index (χ3n) is 3.06. The van der Waals surface area contributed by atoms with Crippen LogP contribution in [-0.4, -0.2) is 18.9 Å². The first-order valence-corrected chi connectivity index (χ1v) is 6.65. The van der Waals surface area contributed by atoms with Crippen molar-refractivity contribution >= 4 is 17.2 Å². The molecule has 3 heterocycles. The minimum absolute atomic E-state index is 0.404. The van der Waals surface area contributed by atoms with Crippen molar-refractivity contribution in [2.45, 2.75) is 26.3 Å². The Labute approximate surface area is 116 Å². The lowest BCUT2D eigenvalue weighted by molar-refractivity contribution is 0.663. The van der Waals surface area contributed by atoms with Crippen molar-refractivity contribution in [1.29, 1.82) is 0 Å². The van der Waals surface area contributed by atoms with Crippen LogP contribution in [0.1, 0.15) is 31.3 Å². The summed E-state index contributed by atoms with van der Waals surface area (Å²) in [6.07, 6.45) is 7.70. The van der Waals surface area contributed by atoms with Gasteiger partial charge in [-0.25, -0.2) is 9.97 Å². The molecule has 0 saturated carbocycles. The summed E-state index contributed by atoms with van der Waals surface area (Å²) in [6, 6.07) is 3.77. The van der Waals surface area contributed by atoms with E-state index in [0.717, 1.165) is 23.7 Å². The molecule has 0 amide bonds. The van der Waals surface area contributed by atoms with Crippen LogP contribution >= 0.6 is 11.6 Å². The average molecular weight is 275 g/mol. The van der Waals surface area contributed by atoms with E-state index in [1.807, 2.05) is 41.3 Å². The minimum Gasteiger partial charge on any atom is -0.329 e. The van der Waals surface area contributed by atoms with Gasteiger partial charge in [0.05, 0.1) is 17.3 Å². The number of rotatable bonds is 3. The topological polar surface area (TPSA) is 35.1 Å². The highest BCUT2D eigenvalue weighted by Gasteiger charge is 2.09. The standard InChI is InChI=1S/C14H15ClN4/c1-10(2)14-16-5-6-18(14)8-12-9-19-7-11(15)3-4-13(19)17-12/h3-7,9-10H,8H2,1-2H3. The molecule has 0 saturated heterocycles. The molecule has 0 aromatic carbocycles. The summed E-state index contributed by atoms with van der Waals surface area (Å²) in [5.41, 5.74) is 1.91. The van der Waals surface area contributed by atoms with Crippen LogP contribution in [0.15, 0.2) is 36.9 Å². The monoisotopic (exact) mass is 274 g/mol. The van der Waals surface area contributed by atoms with Crippen LogP contribution in [0.4, 0.5) is 0 Å². The highest BCUT2D eigenvalue weighted by Crippen LogP contribution is 2.15. The predicted octanol–water partition coefficient (Wildman–Crippen LogP) is 3.36. The molecule has 19 heavy (non-hydrogen) atoms. The number of fused-ring (bicyclic) bond motifs is 1. The lowest BCUT2D eigenvalue weighted by atomic mass is 10.2. The van der Waals surface area contributed by atoms with Crippen molar-refractivity contribution in [3.05, 3.63) is 53.5 Å². The molecule has 0 bridgehead atoms. The fourth-order valence-corrected chi connectivity index (χ4v) is 2.39. The van der Waals surface area contributed by atoms with E-state index in [-0.39, 0.29) is 0 Å². The molecule has 5 heteroatoms. The summed E-state index contributed by atoms with van der Waals surface area (Å²) < 4.78 is 4.08. The van der Waals surface area contributed by atoms with E-state index in [4.69, 9.17) is 11.6 Å². The third kappa shape index (κ3) is 2.36. The van der Waals surface area contributed by atoms with Gasteiger partial charge in [-0.2, -0.15) is 0 Å².